The van der Waals surface area contributed by atoms with Crippen molar-refractivity contribution in [3.8, 4) is 0 Å². The van der Waals surface area contributed by atoms with Gasteiger partial charge in [-0.2, -0.15) is 11.8 Å². The van der Waals surface area contributed by atoms with Gasteiger partial charge in [-0.3, -0.25) is 0 Å². The lowest BCUT2D eigenvalue weighted by molar-refractivity contribution is 0.474. The Balaban J connectivity index is 2.08. The fourth-order valence-electron chi connectivity index (χ4n) is 2.45. The molecule has 0 amide bonds. The molecule has 2 rings (SSSR count). The van der Waals surface area contributed by atoms with Gasteiger partial charge in [-0.25, -0.2) is 4.99 Å². The zero-order valence-electron chi connectivity index (χ0n) is 15.9. The van der Waals surface area contributed by atoms with Gasteiger partial charge in [0, 0.05) is 32.2 Å². The SMILES string of the molecule is CSCCCNC(=NCc1nnc(C)n1C)N(C)Cc1cccc(Cl)c1. The summed E-state index contributed by atoms with van der Waals surface area (Å²) in [5.41, 5.74) is 1.15. The topological polar surface area (TPSA) is 58.3 Å². The van der Waals surface area contributed by atoms with E-state index < -0.39 is 0 Å². The molecule has 8 heteroatoms. The van der Waals surface area contributed by atoms with E-state index in [1.165, 1.54) is 0 Å². The summed E-state index contributed by atoms with van der Waals surface area (Å²) in [7, 11) is 3.99. The molecule has 1 aromatic carbocycles. The number of guanidine groups is 1. The van der Waals surface area contributed by atoms with Crippen LogP contribution < -0.4 is 5.32 Å². The molecule has 0 saturated heterocycles. The van der Waals surface area contributed by atoms with E-state index in [-0.39, 0.29) is 0 Å². The quantitative estimate of drug-likeness (QED) is 0.423. The number of thioether (sulfide) groups is 1. The van der Waals surface area contributed by atoms with Crippen molar-refractivity contribution in [2.45, 2.75) is 26.4 Å². The summed E-state index contributed by atoms with van der Waals surface area (Å²) >= 11 is 7.95. The zero-order valence-corrected chi connectivity index (χ0v) is 17.4. The maximum atomic E-state index is 6.10. The standard InChI is InChI=1S/C18H27ClN6S/c1-14-22-23-17(25(14)3)12-21-18(20-9-6-10-26-4)24(2)13-15-7-5-8-16(19)11-15/h5,7-8,11H,6,9-10,12-13H2,1-4H3,(H,20,21). The molecular weight excluding hydrogens is 368 g/mol. The molecule has 0 bridgehead atoms. The Morgan fingerprint density at radius 1 is 1.38 bits per heavy atom. The van der Waals surface area contributed by atoms with Gasteiger partial charge in [0.05, 0.1) is 0 Å². The Morgan fingerprint density at radius 3 is 2.85 bits per heavy atom. The number of nitrogens with one attached hydrogen (secondary N) is 1. The predicted molar refractivity (Wildman–Crippen MR) is 111 cm³/mol. The summed E-state index contributed by atoms with van der Waals surface area (Å²) in [4.78, 5) is 6.86. The normalized spacial score (nSPS) is 11.7. The molecule has 142 valence electrons. The second kappa shape index (κ2) is 10.4. The van der Waals surface area contributed by atoms with Crippen LogP contribution in [0.15, 0.2) is 29.3 Å². The van der Waals surface area contributed by atoms with Crippen molar-refractivity contribution in [2.24, 2.45) is 12.0 Å². The molecule has 0 atom stereocenters. The minimum absolute atomic E-state index is 0.488. The van der Waals surface area contributed by atoms with Crippen molar-refractivity contribution in [1.82, 2.24) is 25.0 Å². The third-order valence-electron chi connectivity index (χ3n) is 4.03. The Kier molecular flexibility index (Phi) is 8.25. The predicted octanol–water partition coefficient (Wildman–Crippen LogP) is 3.11. The van der Waals surface area contributed by atoms with Gasteiger partial charge < -0.3 is 14.8 Å². The first kappa shape index (κ1) is 20.6. The second-order valence-electron chi connectivity index (χ2n) is 6.12. The molecule has 0 aliphatic carbocycles. The zero-order chi connectivity index (χ0) is 18.9. The fourth-order valence-corrected chi connectivity index (χ4v) is 3.09. The van der Waals surface area contributed by atoms with Crippen molar-refractivity contribution < 1.29 is 0 Å². The lowest BCUT2D eigenvalue weighted by atomic mass is 10.2. The van der Waals surface area contributed by atoms with Crippen LogP contribution in [0.1, 0.15) is 23.6 Å². The molecule has 0 unspecified atom stereocenters. The maximum Gasteiger partial charge on any atom is 0.194 e. The average molecular weight is 395 g/mol. The van der Waals surface area contributed by atoms with Crippen LogP contribution in [0.4, 0.5) is 0 Å². The molecule has 0 saturated carbocycles. The van der Waals surface area contributed by atoms with Crippen LogP contribution in [0.5, 0.6) is 0 Å². The molecule has 1 heterocycles. The highest BCUT2D eigenvalue weighted by Gasteiger charge is 2.09. The summed E-state index contributed by atoms with van der Waals surface area (Å²) in [5.74, 6) is 3.71. The third kappa shape index (κ3) is 6.21. The van der Waals surface area contributed by atoms with E-state index in [9.17, 15) is 0 Å². The molecule has 26 heavy (non-hydrogen) atoms. The van der Waals surface area contributed by atoms with E-state index in [4.69, 9.17) is 16.6 Å². The van der Waals surface area contributed by atoms with Crippen LogP contribution in [0, 0.1) is 6.92 Å². The number of rotatable bonds is 8. The van der Waals surface area contributed by atoms with E-state index in [1.54, 1.807) is 0 Å². The van der Waals surface area contributed by atoms with Crippen molar-refractivity contribution in [3.63, 3.8) is 0 Å². The highest BCUT2D eigenvalue weighted by molar-refractivity contribution is 7.98. The highest BCUT2D eigenvalue weighted by atomic mass is 35.5. The van der Waals surface area contributed by atoms with Crippen LogP contribution in [-0.4, -0.2) is 51.2 Å². The summed E-state index contributed by atoms with van der Waals surface area (Å²) in [6, 6.07) is 7.91. The smallest absolute Gasteiger partial charge is 0.194 e. The molecule has 1 aromatic heterocycles. The van der Waals surface area contributed by atoms with E-state index in [0.29, 0.717) is 6.54 Å². The first-order chi connectivity index (χ1) is 12.5. The van der Waals surface area contributed by atoms with E-state index >= 15 is 0 Å². The number of aryl methyl sites for hydroxylation is 1. The second-order valence-corrected chi connectivity index (χ2v) is 7.54. The summed E-state index contributed by atoms with van der Waals surface area (Å²) in [6.07, 6.45) is 3.21. The Morgan fingerprint density at radius 2 is 2.19 bits per heavy atom. The molecule has 0 aliphatic rings. The number of aromatic nitrogens is 3. The molecule has 1 N–H and O–H groups in total. The van der Waals surface area contributed by atoms with Gasteiger partial charge in [0.1, 0.15) is 12.4 Å². The monoisotopic (exact) mass is 394 g/mol. The Labute approximate surface area is 165 Å². The maximum absolute atomic E-state index is 6.10. The Bertz CT molecular complexity index is 730. The number of hydrogen-bond donors (Lipinski definition) is 1. The fraction of sp³-hybridized carbons (Fsp3) is 0.500. The van der Waals surface area contributed by atoms with Gasteiger partial charge in [0.2, 0.25) is 0 Å². The third-order valence-corrected chi connectivity index (χ3v) is 4.96. The van der Waals surface area contributed by atoms with Gasteiger partial charge in [-0.15, -0.1) is 10.2 Å². The minimum atomic E-state index is 0.488. The molecule has 0 fully saturated rings. The molecule has 0 radical (unpaired) electrons. The van der Waals surface area contributed by atoms with Gasteiger partial charge in [0.15, 0.2) is 11.8 Å². The summed E-state index contributed by atoms with van der Waals surface area (Å²) in [5, 5.41) is 12.5. The highest BCUT2D eigenvalue weighted by Crippen LogP contribution is 2.12. The number of benzene rings is 1. The van der Waals surface area contributed by atoms with Crippen LogP contribution >= 0.6 is 23.4 Å². The van der Waals surface area contributed by atoms with Crippen LogP contribution in [-0.2, 0) is 20.1 Å². The van der Waals surface area contributed by atoms with Crippen LogP contribution in [0.2, 0.25) is 5.02 Å². The molecular formula is C18H27ClN6S. The molecule has 0 spiro atoms. The number of nitrogens with zero attached hydrogens (tertiary/aromatic N) is 5. The lowest BCUT2D eigenvalue weighted by Gasteiger charge is -2.22. The number of halogens is 1. The largest absolute Gasteiger partial charge is 0.356 e. The average Bonchev–Trinajstić information content (AvgIpc) is 2.93. The van der Waals surface area contributed by atoms with Crippen LogP contribution in [0.25, 0.3) is 0 Å². The summed E-state index contributed by atoms with van der Waals surface area (Å²) in [6.45, 7) is 4.04. The van der Waals surface area contributed by atoms with Crippen molar-refractivity contribution >= 4 is 29.3 Å². The van der Waals surface area contributed by atoms with Gasteiger partial charge in [-0.05, 0) is 43.0 Å². The first-order valence-electron chi connectivity index (χ1n) is 8.59. The first-order valence-corrected chi connectivity index (χ1v) is 10.4. The van der Waals surface area contributed by atoms with Gasteiger partial charge in [0.25, 0.3) is 0 Å². The summed E-state index contributed by atoms with van der Waals surface area (Å²) < 4.78 is 1.96. The number of hydrogen-bond acceptors (Lipinski definition) is 4. The van der Waals surface area contributed by atoms with Gasteiger partial charge in [-0.1, -0.05) is 23.7 Å². The molecule has 6 nitrogen and oxygen atoms in total. The van der Waals surface area contributed by atoms with Crippen molar-refractivity contribution in [1.29, 1.82) is 0 Å². The molecule has 2 aromatic rings. The van der Waals surface area contributed by atoms with Gasteiger partial charge >= 0.3 is 0 Å². The van der Waals surface area contributed by atoms with Crippen LogP contribution in [0.3, 0.4) is 0 Å². The lowest BCUT2D eigenvalue weighted by Crippen LogP contribution is -2.39. The van der Waals surface area contributed by atoms with E-state index in [0.717, 1.165) is 53.5 Å². The number of aliphatic imine (C=N–C) groups is 1. The van der Waals surface area contributed by atoms with Crippen molar-refractivity contribution in [3.05, 3.63) is 46.5 Å². The molecule has 0 aliphatic heterocycles. The Hall–Kier alpha value is -1.73. The van der Waals surface area contributed by atoms with E-state index in [1.807, 2.05) is 55.5 Å². The van der Waals surface area contributed by atoms with Crippen molar-refractivity contribution in [2.75, 3.05) is 25.6 Å². The minimum Gasteiger partial charge on any atom is -0.356 e. The van der Waals surface area contributed by atoms with E-state index in [2.05, 4.69) is 32.7 Å².